The zero-order valence-corrected chi connectivity index (χ0v) is 19.3. The van der Waals surface area contributed by atoms with Gasteiger partial charge in [0.15, 0.2) is 0 Å². The Hall–Kier alpha value is -3.83. The van der Waals surface area contributed by atoms with E-state index in [9.17, 15) is 18.0 Å². The summed E-state index contributed by atoms with van der Waals surface area (Å²) in [5.41, 5.74) is 7.75. The molecule has 8 nitrogen and oxygen atoms in total. The molecule has 0 saturated heterocycles. The van der Waals surface area contributed by atoms with Crippen molar-refractivity contribution in [1.29, 1.82) is 0 Å². The van der Waals surface area contributed by atoms with Gasteiger partial charge < -0.3 is 15.4 Å². The average molecular weight is 515 g/mol. The van der Waals surface area contributed by atoms with E-state index in [0.29, 0.717) is 35.8 Å². The average Bonchev–Trinajstić information content (AvgIpc) is 3.34. The van der Waals surface area contributed by atoms with Crippen molar-refractivity contribution in [2.24, 2.45) is 0 Å². The Kier molecular flexibility index (Phi) is 6.19. The lowest BCUT2D eigenvalue weighted by atomic mass is 10.0. The van der Waals surface area contributed by atoms with E-state index < -0.39 is 17.6 Å². The molecule has 0 saturated carbocycles. The predicted octanol–water partition coefficient (Wildman–Crippen LogP) is 4.55. The minimum Gasteiger partial charge on any atom is -0.383 e. The summed E-state index contributed by atoms with van der Waals surface area (Å²) in [5.74, 6) is 0.223. The van der Waals surface area contributed by atoms with E-state index >= 15 is 0 Å². The molecule has 184 valence electrons. The smallest absolute Gasteiger partial charge is 0.383 e. The van der Waals surface area contributed by atoms with E-state index in [0.717, 1.165) is 23.4 Å². The number of nitrogens with two attached hydrogens (primary N) is 1. The summed E-state index contributed by atoms with van der Waals surface area (Å²) in [5, 5.41) is 0.839. The van der Waals surface area contributed by atoms with Crippen molar-refractivity contribution in [2.75, 3.05) is 5.73 Å². The van der Waals surface area contributed by atoms with Gasteiger partial charge in [0, 0.05) is 29.5 Å². The molecule has 2 N–H and O–H groups in total. The fourth-order valence-electron chi connectivity index (χ4n) is 3.99. The number of halogens is 4. The maximum absolute atomic E-state index is 13.7. The second-order valence-electron chi connectivity index (χ2n) is 8.16. The van der Waals surface area contributed by atoms with Gasteiger partial charge in [-0.25, -0.2) is 15.0 Å². The number of amides is 1. The first kappa shape index (κ1) is 23.9. The Balaban J connectivity index is 1.53. The molecule has 1 aliphatic heterocycles. The maximum Gasteiger partial charge on any atom is 0.417 e. The molecule has 4 heterocycles. The van der Waals surface area contributed by atoms with Crippen molar-refractivity contribution >= 4 is 34.2 Å². The molecule has 0 atom stereocenters. The van der Waals surface area contributed by atoms with Crippen molar-refractivity contribution in [3.05, 3.63) is 87.7 Å². The highest BCUT2D eigenvalue weighted by Crippen LogP contribution is 2.34. The number of carbonyl (C=O) groups excluding carboxylic acids is 1. The second-order valence-corrected chi connectivity index (χ2v) is 8.57. The molecule has 1 aliphatic rings. The monoisotopic (exact) mass is 514 g/mol. The van der Waals surface area contributed by atoms with Crippen molar-refractivity contribution in [2.45, 2.75) is 32.5 Å². The highest BCUT2D eigenvalue weighted by molar-refractivity contribution is 6.34. The van der Waals surface area contributed by atoms with Crippen LogP contribution >= 0.6 is 11.6 Å². The molecule has 1 aromatic carbocycles. The van der Waals surface area contributed by atoms with Crippen LogP contribution in [0.4, 0.5) is 19.0 Å². The quantitative estimate of drug-likeness (QED) is 0.416. The van der Waals surface area contributed by atoms with Crippen molar-refractivity contribution in [3.8, 4) is 0 Å². The van der Waals surface area contributed by atoms with Crippen LogP contribution < -0.4 is 5.73 Å². The highest BCUT2D eigenvalue weighted by Gasteiger charge is 2.31. The lowest BCUT2D eigenvalue weighted by molar-refractivity contribution is -0.137. The van der Waals surface area contributed by atoms with Crippen molar-refractivity contribution in [1.82, 2.24) is 24.8 Å². The topological polar surface area (TPSA) is 107 Å². The first-order chi connectivity index (χ1) is 17.2. The van der Waals surface area contributed by atoms with Crippen LogP contribution in [0.15, 0.2) is 48.9 Å². The summed E-state index contributed by atoms with van der Waals surface area (Å²) in [6.45, 7) is 0.542. The summed E-state index contributed by atoms with van der Waals surface area (Å²) in [6, 6.07) is 6.99. The van der Waals surface area contributed by atoms with Crippen LogP contribution in [-0.2, 0) is 37.2 Å². The van der Waals surface area contributed by atoms with Crippen LogP contribution in [0.25, 0.3) is 10.9 Å². The largest absolute Gasteiger partial charge is 0.417 e. The number of fused-ring (bicyclic) bond motifs is 3. The summed E-state index contributed by atoms with van der Waals surface area (Å²) < 4.78 is 44.4. The normalized spacial score (nSPS) is 13.1. The standard InChI is InChI=1S/C24H18ClF3N6O2/c25-19-7-20-15(17-11-36-12-18(17)22(29)33-20)6-16(19)23(35)34(10-21-30-4-1-5-31-21)9-14-3-2-13(8-32-14)24(26,27)28/h1-8H,9-12H2,(H2,29,33). The van der Waals surface area contributed by atoms with Crippen LogP contribution in [0, 0.1) is 0 Å². The third-order valence-corrected chi connectivity index (χ3v) is 6.10. The SMILES string of the molecule is Nc1nc2cc(Cl)c(C(=O)N(Cc3ccc(C(F)(F)F)cn3)Cc3ncccn3)cc2c2c1COC2. The number of ether oxygens (including phenoxy) is 1. The summed E-state index contributed by atoms with van der Waals surface area (Å²) >= 11 is 6.49. The van der Waals surface area contributed by atoms with E-state index in [4.69, 9.17) is 22.1 Å². The number of alkyl halides is 3. The van der Waals surface area contributed by atoms with Gasteiger partial charge in [-0.1, -0.05) is 11.6 Å². The summed E-state index contributed by atoms with van der Waals surface area (Å²) in [7, 11) is 0. The molecule has 0 aliphatic carbocycles. The number of nitrogens with zero attached hydrogens (tertiary/aromatic N) is 5. The predicted molar refractivity (Wildman–Crippen MR) is 125 cm³/mol. The molecule has 0 fully saturated rings. The van der Waals surface area contributed by atoms with Gasteiger partial charge >= 0.3 is 6.18 Å². The van der Waals surface area contributed by atoms with E-state index in [2.05, 4.69) is 19.9 Å². The molecule has 0 radical (unpaired) electrons. The molecular formula is C24H18ClF3N6O2. The van der Waals surface area contributed by atoms with Crippen LogP contribution in [0.3, 0.4) is 0 Å². The van der Waals surface area contributed by atoms with Gasteiger partial charge in [-0.05, 0) is 35.9 Å². The Labute approximate surface area is 207 Å². The number of aromatic nitrogens is 4. The zero-order valence-electron chi connectivity index (χ0n) is 18.6. The minimum atomic E-state index is -4.51. The van der Waals surface area contributed by atoms with Crippen molar-refractivity contribution in [3.63, 3.8) is 0 Å². The highest BCUT2D eigenvalue weighted by atomic mass is 35.5. The number of anilines is 1. The Morgan fingerprint density at radius 1 is 1.08 bits per heavy atom. The lowest BCUT2D eigenvalue weighted by Crippen LogP contribution is -2.31. The van der Waals surface area contributed by atoms with Gasteiger partial charge in [-0.3, -0.25) is 9.78 Å². The molecule has 12 heteroatoms. The molecule has 0 unspecified atom stereocenters. The molecule has 3 aromatic heterocycles. The third kappa shape index (κ3) is 4.67. The molecule has 0 bridgehead atoms. The van der Waals surface area contributed by atoms with Gasteiger partial charge in [0.1, 0.15) is 11.6 Å². The fraction of sp³-hybridized carbons (Fsp3) is 0.208. The molecular weight excluding hydrogens is 497 g/mol. The van der Waals surface area contributed by atoms with Gasteiger partial charge in [0.2, 0.25) is 0 Å². The number of nitrogen functional groups attached to an aromatic ring is 1. The van der Waals surface area contributed by atoms with Gasteiger partial charge in [-0.15, -0.1) is 0 Å². The van der Waals surface area contributed by atoms with Gasteiger partial charge in [0.25, 0.3) is 5.91 Å². The molecule has 36 heavy (non-hydrogen) atoms. The minimum absolute atomic E-state index is 0.0159. The number of hydrogen-bond acceptors (Lipinski definition) is 7. The lowest BCUT2D eigenvalue weighted by Gasteiger charge is -2.23. The van der Waals surface area contributed by atoms with Crippen LogP contribution in [0.2, 0.25) is 5.02 Å². The van der Waals surface area contributed by atoms with Crippen LogP contribution in [0.1, 0.15) is 38.6 Å². The second kappa shape index (κ2) is 9.32. The van der Waals surface area contributed by atoms with Crippen LogP contribution in [0.5, 0.6) is 0 Å². The maximum atomic E-state index is 13.7. The van der Waals surface area contributed by atoms with E-state index in [1.54, 1.807) is 18.2 Å². The van der Waals surface area contributed by atoms with E-state index in [1.807, 2.05) is 0 Å². The number of pyridine rings is 2. The molecule has 0 spiro atoms. The number of carbonyl (C=O) groups is 1. The Morgan fingerprint density at radius 3 is 2.53 bits per heavy atom. The van der Waals surface area contributed by atoms with E-state index in [-0.39, 0.29) is 29.4 Å². The first-order valence-electron chi connectivity index (χ1n) is 10.8. The fourth-order valence-corrected chi connectivity index (χ4v) is 4.23. The van der Waals surface area contributed by atoms with Crippen LogP contribution in [-0.4, -0.2) is 30.7 Å². The number of hydrogen-bond donors (Lipinski definition) is 1. The zero-order chi connectivity index (χ0) is 25.4. The van der Waals surface area contributed by atoms with E-state index in [1.165, 1.54) is 23.4 Å². The molecule has 4 aromatic rings. The number of rotatable bonds is 5. The molecule has 5 rings (SSSR count). The first-order valence-corrected chi connectivity index (χ1v) is 11.1. The van der Waals surface area contributed by atoms with Gasteiger partial charge in [-0.2, -0.15) is 13.2 Å². The summed E-state index contributed by atoms with van der Waals surface area (Å²) in [6.07, 6.45) is -0.716. The van der Waals surface area contributed by atoms with Crippen molar-refractivity contribution < 1.29 is 22.7 Å². The summed E-state index contributed by atoms with van der Waals surface area (Å²) in [4.78, 5) is 31.7. The number of benzene rings is 1. The van der Waals surface area contributed by atoms with Gasteiger partial charge in [0.05, 0.1) is 53.7 Å². The Morgan fingerprint density at radius 2 is 1.83 bits per heavy atom. The third-order valence-electron chi connectivity index (χ3n) is 5.79. The molecule has 1 amide bonds. The Bertz CT molecular complexity index is 1450.